The van der Waals surface area contributed by atoms with Crippen LogP contribution in [0.4, 0.5) is 11.4 Å². The van der Waals surface area contributed by atoms with Gasteiger partial charge >= 0.3 is 0 Å². The summed E-state index contributed by atoms with van der Waals surface area (Å²) in [5, 5.41) is 4.44. The molecule has 0 unspecified atom stereocenters. The summed E-state index contributed by atoms with van der Waals surface area (Å²) in [4.78, 5) is 17.4. The lowest BCUT2D eigenvalue weighted by Crippen LogP contribution is -2.44. The molecular formula is C20H25N3O2S. The number of hydrogen-bond donors (Lipinski definition) is 1. The molecule has 1 saturated carbocycles. The molecular weight excluding hydrogens is 346 g/mol. The zero-order valence-corrected chi connectivity index (χ0v) is 16.1. The fourth-order valence-corrected chi connectivity index (χ4v) is 3.96. The Balaban J connectivity index is 1.55. The average molecular weight is 372 g/mol. The summed E-state index contributed by atoms with van der Waals surface area (Å²) >= 11 is 1.56. The van der Waals surface area contributed by atoms with Crippen LogP contribution in [-0.4, -0.2) is 50.0 Å². The Morgan fingerprint density at radius 3 is 2.58 bits per heavy atom. The number of carbonyl (C=O) groups is 1. The number of likely N-dealkylation sites (N-methyl/N-ethyl adjacent to an activating group) is 1. The highest BCUT2D eigenvalue weighted by Crippen LogP contribution is 2.37. The van der Waals surface area contributed by atoms with E-state index in [9.17, 15) is 4.79 Å². The maximum atomic E-state index is 11.4. The van der Waals surface area contributed by atoms with Crippen molar-refractivity contribution >= 4 is 28.9 Å². The van der Waals surface area contributed by atoms with Gasteiger partial charge in [0.15, 0.2) is 16.6 Å². The second kappa shape index (κ2) is 7.37. The Kier molecular flexibility index (Phi) is 4.96. The van der Waals surface area contributed by atoms with E-state index in [1.807, 2.05) is 6.07 Å². The molecule has 1 aromatic heterocycles. The van der Waals surface area contributed by atoms with Gasteiger partial charge in [-0.15, -0.1) is 0 Å². The highest BCUT2D eigenvalue weighted by molar-refractivity contribution is 7.99. The number of nitrogens with one attached hydrogen (secondary N) is 1. The Bertz CT molecular complexity index is 792. The lowest BCUT2D eigenvalue weighted by Gasteiger charge is -2.35. The van der Waals surface area contributed by atoms with Crippen molar-refractivity contribution in [1.82, 2.24) is 4.90 Å². The van der Waals surface area contributed by atoms with Crippen molar-refractivity contribution in [1.29, 1.82) is 0 Å². The summed E-state index contributed by atoms with van der Waals surface area (Å²) in [5.41, 5.74) is 2.50. The van der Waals surface area contributed by atoms with Crippen molar-refractivity contribution in [2.75, 3.05) is 43.4 Å². The van der Waals surface area contributed by atoms with Crippen LogP contribution in [0, 0.1) is 0 Å². The molecule has 1 N–H and O–H groups in total. The van der Waals surface area contributed by atoms with Crippen molar-refractivity contribution in [3.05, 3.63) is 36.1 Å². The second-order valence-corrected chi connectivity index (χ2v) is 8.24. The lowest BCUT2D eigenvalue weighted by atomic mass is 10.2. The van der Waals surface area contributed by atoms with Crippen LogP contribution in [0.15, 0.2) is 44.7 Å². The molecule has 1 aliphatic heterocycles. The van der Waals surface area contributed by atoms with Crippen LogP contribution in [-0.2, 0) is 0 Å². The third-order valence-electron chi connectivity index (χ3n) is 4.90. The maximum Gasteiger partial charge on any atom is 0.194 e. The smallest absolute Gasteiger partial charge is 0.194 e. The molecule has 2 heterocycles. The molecule has 2 aliphatic rings. The van der Waals surface area contributed by atoms with E-state index in [1.165, 1.54) is 31.1 Å². The molecule has 0 amide bonds. The van der Waals surface area contributed by atoms with Crippen LogP contribution in [0.5, 0.6) is 0 Å². The molecule has 5 nitrogen and oxygen atoms in total. The number of Topliss-reactive ketones (excluding diaryl/α,β-unsaturated/α-hetero) is 1. The average Bonchev–Trinajstić information content (AvgIpc) is 3.31. The topological polar surface area (TPSA) is 48.7 Å². The molecule has 1 aromatic carbocycles. The van der Waals surface area contributed by atoms with Gasteiger partial charge in [-0.05, 0) is 50.2 Å². The molecule has 138 valence electrons. The first-order chi connectivity index (χ1) is 12.6. The molecule has 0 radical (unpaired) electrons. The van der Waals surface area contributed by atoms with Crippen molar-refractivity contribution in [3.8, 4) is 0 Å². The van der Waals surface area contributed by atoms with E-state index in [2.05, 4.69) is 40.4 Å². The van der Waals surface area contributed by atoms with Crippen molar-refractivity contribution in [2.24, 2.45) is 0 Å². The van der Waals surface area contributed by atoms with Crippen molar-refractivity contribution in [2.45, 2.75) is 35.8 Å². The minimum Gasteiger partial charge on any atom is -0.446 e. The van der Waals surface area contributed by atoms with Gasteiger partial charge in [0, 0.05) is 44.0 Å². The normalized spacial score (nSPS) is 18.2. The highest BCUT2D eigenvalue weighted by Gasteiger charge is 2.24. The first-order valence-corrected chi connectivity index (χ1v) is 10.0. The van der Waals surface area contributed by atoms with Gasteiger partial charge in [0.25, 0.3) is 0 Å². The van der Waals surface area contributed by atoms with Gasteiger partial charge in [-0.1, -0.05) is 11.8 Å². The zero-order chi connectivity index (χ0) is 18.1. The van der Waals surface area contributed by atoms with E-state index in [4.69, 9.17) is 4.42 Å². The summed E-state index contributed by atoms with van der Waals surface area (Å²) in [6.45, 7) is 5.83. The largest absolute Gasteiger partial charge is 0.446 e. The number of ketones is 1. The molecule has 4 rings (SSSR count). The van der Waals surface area contributed by atoms with E-state index in [0.29, 0.717) is 11.8 Å². The van der Waals surface area contributed by atoms with Crippen LogP contribution in [0.2, 0.25) is 0 Å². The monoisotopic (exact) mass is 371 g/mol. The van der Waals surface area contributed by atoms with Crippen molar-refractivity contribution < 1.29 is 9.21 Å². The predicted octanol–water partition coefficient (Wildman–Crippen LogP) is 3.96. The number of furan rings is 1. The fourth-order valence-electron chi connectivity index (χ4n) is 3.15. The van der Waals surface area contributed by atoms with Crippen LogP contribution in [0.3, 0.4) is 0 Å². The number of anilines is 2. The fraction of sp³-hybridized carbons (Fsp3) is 0.450. The van der Waals surface area contributed by atoms with Gasteiger partial charge < -0.3 is 19.5 Å². The summed E-state index contributed by atoms with van der Waals surface area (Å²) < 4.78 is 5.62. The summed E-state index contributed by atoms with van der Waals surface area (Å²) in [7, 11) is 2.18. The molecule has 0 spiro atoms. The number of rotatable bonds is 6. The minimum absolute atomic E-state index is 0.0432. The van der Waals surface area contributed by atoms with Gasteiger partial charge in [0.2, 0.25) is 0 Å². The van der Waals surface area contributed by atoms with E-state index in [1.54, 1.807) is 17.8 Å². The van der Waals surface area contributed by atoms with Gasteiger partial charge in [-0.3, -0.25) is 4.79 Å². The number of carbonyl (C=O) groups excluding carboxylic acids is 1. The molecule has 2 fully saturated rings. The minimum atomic E-state index is -0.0432. The summed E-state index contributed by atoms with van der Waals surface area (Å²) in [5.74, 6) is 0.372. The van der Waals surface area contributed by atoms with Gasteiger partial charge in [-0.2, -0.15) is 0 Å². The molecule has 2 aromatic rings. The van der Waals surface area contributed by atoms with Crippen LogP contribution >= 0.6 is 11.8 Å². The van der Waals surface area contributed by atoms with E-state index >= 15 is 0 Å². The van der Waals surface area contributed by atoms with E-state index < -0.39 is 0 Å². The van der Waals surface area contributed by atoms with Crippen LogP contribution < -0.4 is 10.2 Å². The molecule has 0 atom stereocenters. The van der Waals surface area contributed by atoms with Crippen LogP contribution in [0.25, 0.3) is 0 Å². The molecule has 0 bridgehead atoms. The standard InChI is InChI=1S/C20H25N3O2S/c1-14(24)19-7-8-20(25-19)26-16-5-6-18(17(13-16)21-15-3-4-15)23-11-9-22(2)10-12-23/h5-8,13,15,21H,3-4,9-12H2,1-2H3. The first kappa shape index (κ1) is 17.5. The number of hydrogen-bond acceptors (Lipinski definition) is 6. The van der Waals surface area contributed by atoms with E-state index in [0.717, 1.165) is 36.2 Å². The second-order valence-electron chi connectivity index (χ2n) is 7.16. The number of benzene rings is 1. The summed E-state index contributed by atoms with van der Waals surface area (Å²) in [6, 6.07) is 10.8. The Morgan fingerprint density at radius 1 is 1.15 bits per heavy atom. The lowest BCUT2D eigenvalue weighted by molar-refractivity contribution is 0.0982. The van der Waals surface area contributed by atoms with Crippen LogP contribution in [0.1, 0.15) is 30.3 Å². The quantitative estimate of drug-likeness (QED) is 0.776. The Hall–Kier alpha value is -1.92. The Morgan fingerprint density at radius 2 is 1.92 bits per heavy atom. The Labute approximate surface area is 158 Å². The zero-order valence-electron chi connectivity index (χ0n) is 15.3. The van der Waals surface area contributed by atoms with E-state index in [-0.39, 0.29) is 5.78 Å². The predicted molar refractivity (Wildman–Crippen MR) is 106 cm³/mol. The number of nitrogens with zero attached hydrogens (tertiary/aromatic N) is 2. The summed E-state index contributed by atoms with van der Waals surface area (Å²) in [6.07, 6.45) is 2.50. The van der Waals surface area contributed by atoms with Gasteiger partial charge in [-0.25, -0.2) is 0 Å². The molecule has 26 heavy (non-hydrogen) atoms. The van der Waals surface area contributed by atoms with Crippen molar-refractivity contribution in [3.63, 3.8) is 0 Å². The third-order valence-corrected chi connectivity index (χ3v) is 5.81. The van der Waals surface area contributed by atoms with Gasteiger partial charge in [0.05, 0.1) is 11.4 Å². The third kappa shape index (κ3) is 4.07. The highest BCUT2D eigenvalue weighted by atomic mass is 32.2. The molecule has 1 saturated heterocycles. The molecule has 6 heteroatoms. The molecule has 1 aliphatic carbocycles. The first-order valence-electron chi connectivity index (χ1n) is 9.21. The SMILES string of the molecule is CC(=O)c1ccc(Sc2ccc(N3CCN(C)CC3)c(NC3CC3)c2)o1. The van der Waals surface area contributed by atoms with Gasteiger partial charge in [0.1, 0.15) is 0 Å². The maximum absolute atomic E-state index is 11.4. The number of piperazine rings is 1.